The molecule has 1 aliphatic carbocycles. The number of hydrogen-bond donors (Lipinski definition) is 3. The van der Waals surface area contributed by atoms with Crippen LogP contribution in [0.1, 0.15) is 66.5 Å². The van der Waals surface area contributed by atoms with Gasteiger partial charge in [0.1, 0.15) is 5.60 Å². The minimum Gasteiger partial charge on any atom is -0.481 e. The van der Waals surface area contributed by atoms with Crippen molar-refractivity contribution in [2.75, 3.05) is 18.1 Å². The maximum Gasteiger partial charge on any atom is 0.303 e. The quantitative estimate of drug-likeness (QED) is 0.136. The van der Waals surface area contributed by atoms with Gasteiger partial charge < -0.3 is 15.3 Å². The molecule has 218 valence electrons. The number of carboxylic acid groups (broad SMARTS) is 1. The molecule has 3 N–H and O–H groups in total. The van der Waals surface area contributed by atoms with E-state index >= 15 is 0 Å². The first-order valence-corrected chi connectivity index (χ1v) is 15.8. The van der Waals surface area contributed by atoms with E-state index in [0.29, 0.717) is 10.6 Å². The second-order valence-electron chi connectivity index (χ2n) is 11.6. The Morgan fingerprint density at radius 3 is 2.62 bits per heavy atom. The van der Waals surface area contributed by atoms with Gasteiger partial charge in [0.15, 0.2) is 0 Å². The summed E-state index contributed by atoms with van der Waals surface area (Å²) in [6.07, 6.45) is 7.04. The normalized spacial score (nSPS) is 16.4. The van der Waals surface area contributed by atoms with E-state index in [2.05, 4.69) is 18.2 Å². The molecule has 7 heteroatoms. The topological polar surface area (TPSA) is 90.7 Å². The molecule has 0 unspecified atom stereocenters. The van der Waals surface area contributed by atoms with E-state index in [1.54, 1.807) is 6.92 Å². The molecule has 1 aromatic heterocycles. The van der Waals surface area contributed by atoms with Crippen LogP contribution in [0.25, 0.3) is 23.1 Å². The molecule has 0 bridgehead atoms. The smallest absolute Gasteiger partial charge is 0.303 e. The van der Waals surface area contributed by atoms with Crippen LogP contribution in [-0.4, -0.2) is 44.4 Å². The number of aliphatic carboxylic acids is 1. The van der Waals surface area contributed by atoms with E-state index in [9.17, 15) is 20.1 Å². The van der Waals surface area contributed by atoms with Gasteiger partial charge in [-0.3, -0.25) is 4.79 Å². The lowest BCUT2D eigenvalue weighted by atomic mass is 9.81. The van der Waals surface area contributed by atoms with Crippen molar-refractivity contribution in [3.63, 3.8) is 0 Å². The Bertz CT molecular complexity index is 1600. The minimum atomic E-state index is -1.37. The molecule has 1 heterocycles. The van der Waals surface area contributed by atoms with E-state index in [-0.39, 0.29) is 24.4 Å². The van der Waals surface area contributed by atoms with Gasteiger partial charge in [-0.25, -0.2) is 4.98 Å². The molecular formula is C35H36ClNO4S. The lowest BCUT2D eigenvalue weighted by Crippen LogP contribution is -2.28. The number of aliphatic hydroxyl groups excluding tert-OH is 1. The average molecular weight is 602 g/mol. The van der Waals surface area contributed by atoms with E-state index in [1.165, 1.54) is 0 Å². The SMILES string of the molecule is C[C@](O)(CO)c1ccccc1[C@H](CCSCC1(CC(=O)O)CC1)c1cccc(/C=C/c2ccc3ccc(Cl)cc3n2)c1. The third-order valence-corrected chi connectivity index (χ3v) is 9.68. The highest BCUT2D eigenvalue weighted by Gasteiger charge is 2.44. The van der Waals surface area contributed by atoms with Crippen LogP contribution in [0.15, 0.2) is 78.9 Å². The number of carbonyl (C=O) groups is 1. The van der Waals surface area contributed by atoms with Crippen LogP contribution in [-0.2, 0) is 10.4 Å². The molecule has 0 aliphatic heterocycles. The molecule has 0 spiro atoms. The largest absolute Gasteiger partial charge is 0.481 e. The zero-order valence-electron chi connectivity index (χ0n) is 23.7. The maximum absolute atomic E-state index is 11.3. The predicted octanol–water partition coefficient (Wildman–Crippen LogP) is 7.77. The summed E-state index contributed by atoms with van der Waals surface area (Å²) in [4.78, 5) is 16.0. The van der Waals surface area contributed by atoms with Crippen molar-refractivity contribution in [3.05, 3.63) is 112 Å². The van der Waals surface area contributed by atoms with Gasteiger partial charge >= 0.3 is 5.97 Å². The molecular weight excluding hydrogens is 566 g/mol. The number of pyridine rings is 1. The zero-order valence-corrected chi connectivity index (χ0v) is 25.2. The first kappa shape index (κ1) is 30.3. The van der Waals surface area contributed by atoms with Crippen molar-refractivity contribution < 1.29 is 20.1 Å². The van der Waals surface area contributed by atoms with Crippen LogP contribution in [0.2, 0.25) is 5.02 Å². The van der Waals surface area contributed by atoms with Gasteiger partial charge in [0.2, 0.25) is 0 Å². The molecule has 5 rings (SSSR count). The molecule has 3 aromatic carbocycles. The number of halogens is 1. The summed E-state index contributed by atoms with van der Waals surface area (Å²) in [6.45, 7) is 1.26. The number of carboxylic acids is 1. The Morgan fingerprint density at radius 2 is 1.86 bits per heavy atom. The van der Waals surface area contributed by atoms with Crippen LogP contribution in [0.4, 0.5) is 0 Å². The Hall–Kier alpha value is -3.16. The van der Waals surface area contributed by atoms with E-state index < -0.39 is 11.6 Å². The number of rotatable bonds is 13. The van der Waals surface area contributed by atoms with Gasteiger partial charge in [-0.15, -0.1) is 0 Å². The first-order valence-electron chi connectivity index (χ1n) is 14.2. The molecule has 0 radical (unpaired) electrons. The summed E-state index contributed by atoms with van der Waals surface area (Å²) in [5, 5.41) is 32.0. The lowest BCUT2D eigenvalue weighted by molar-refractivity contribution is -0.138. The molecule has 2 atom stereocenters. The summed E-state index contributed by atoms with van der Waals surface area (Å²) in [6, 6.07) is 25.9. The number of hydrogen-bond acceptors (Lipinski definition) is 5. The fourth-order valence-electron chi connectivity index (χ4n) is 5.50. The molecule has 0 amide bonds. The fourth-order valence-corrected chi connectivity index (χ4v) is 7.03. The second-order valence-corrected chi connectivity index (χ2v) is 13.1. The Kier molecular flexibility index (Phi) is 9.38. The highest BCUT2D eigenvalue weighted by Crippen LogP contribution is 2.51. The van der Waals surface area contributed by atoms with E-state index in [1.807, 2.05) is 84.6 Å². The third kappa shape index (κ3) is 7.42. The monoisotopic (exact) mass is 601 g/mol. The summed E-state index contributed by atoms with van der Waals surface area (Å²) >= 11 is 7.98. The zero-order chi connectivity index (χ0) is 29.7. The van der Waals surface area contributed by atoms with Gasteiger partial charge in [-0.1, -0.05) is 78.3 Å². The van der Waals surface area contributed by atoms with E-state index in [0.717, 1.165) is 64.1 Å². The maximum atomic E-state index is 11.3. The van der Waals surface area contributed by atoms with Crippen molar-refractivity contribution in [2.24, 2.45) is 5.41 Å². The van der Waals surface area contributed by atoms with Gasteiger partial charge in [0.25, 0.3) is 0 Å². The number of benzene rings is 3. The van der Waals surface area contributed by atoms with Crippen LogP contribution in [0, 0.1) is 5.41 Å². The van der Waals surface area contributed by atoms with Crippen molar-refractivity contribution in [2.45, 2.75) is 44.1 Å². The number of aromatic nitrogens is 1. The molecule has 42 heavy (non-hydrogen) atoms. The third-order valence-electron chi connectivity index (χ3n) is 8.10. The number of thioether (sulfide) groups is 1. The summed E-state index contributed by atoms with van der Waals surface area (Å²) < 4.78 is 0. The summed E-state index contributed by atoms with van der Waals surface area (Å²) in [5.74, 6) is 0.953. The molecule has 1 aliphatic rings. The molecule has 1 saturated carbocycles. The number of nitrogens with zero attached hydrogens (tertiary/aromatic N) is 1. The molecule has 5 nitrogen and oxygen atoms in total. The van der Waals surface area contributed by atoms with Crippen molar-refractivity contribution >= 4 is 52.4 Å². The average Bonchev–Trinajstić information content (AvgIpc) is 3.74. The van der Waals surface area contributed by atoms with Crippen LogP contribution >= 0.6 is 23.4 Å². The van der Waals surface area contributed by atoms with Gasteiger partial charge in [-0.05, 0) is 89.6 Å². The van der Waals surface area contributed by atoms with E-state index in [4.69, 9.17) is 16.6 Å². The minimum absolute atomic E-state index is 0.0179. The Morgan fingerprint density at radius 1 is 1.07 bits per heavy atom. The lowest BCUT2D eigenvalue weighted by Gasteiger charge is -2.28. The standard InChI is InChI=1S/C35H36ClNO4S/c1-34(41,22-38)31-8-3-2-7-30(31)29(15-18-42-23-35(16-17-35)21-33(39)40)26-6-4-5-24(19-26)9-13-28-14-11-25-10-12-27(36)20-32(25)37-28/h2-14,19-20,29,38,41H,15-18,21-23H2,1H3,(H,39,40)/b13-9+/t29-,34+/m1/s1. The Labute approximate surface area is 256 Å². The van der Waals surface area contributed by atoms with Gasteiger partial charge in [0, 0.05) is 16.3 Å². The highest BCUT2D eigenvalue weighted by molar-refractivity contribution is 7.99. The van der Waals surface area contributed by atoms with Crippen LogP contribution < -0.4 is 0 Å². The summed E-state index contributed by atoms with van der Waals surface area (Å²) in [5.41, 5.74) is 4.10. The van der Waals surface area contributed by atoms with Gasteiger partial charge in [0.05, 0.1) is 24.2 Å². The van der Waals surface area contributed by atoms with Crippen molar-refractivity contribution in [1.29, 1.82) is 0 Å². The highest BCUT2D eigenvalue weighted by atomic mass is 35.5. The molecule has 4 aromatic rings. The second kappa shape index (κ2) is 13.0. The predicted molar refractivity (Wildman–Crippen MR) is 173 cm³/mol. The summed E-state index contributed by atoms with van der Waals surface area (Å²) in [7, 11) is 0. The molecule has 1 fully saturated rings. The van der Waals surface area contributed by atoms with Crippen LogP contribution in [0.3, 0.4) is 0 Å². The number of fused-ring (bicyclic) bond motifs is 1. The first-order chi connectivity index (χ1) is 20.2. The van der Waals surface area contributed by atoms with Crippen LogP contribution in [0.5, 0.6) is 0 Å². The van der Waals surface area contributed by atoms with Crippen molar-refractivity contribution in [1.82, 2.24) is 4.98 Å². The van der Waals surface area contributed by atoms with Gasteiger partial charge in [-0.2, -0.15) is 11.8 Å². The molecule has 0 saturated heterocycles. The number of aliphatic hydroxyl groups is 2. The Balaban J connectivity index is 1.41. The van der Waals surface area contributed by atoms with Crippen molar-refractivity contribution in [3.8, 4) is 0 Å². The fraction of sp³-hybridized carbons (Fsp3) is 0.314.